The van der Waals surface area contributed by atoms with Crippen LogP contribution in [0.5, 0.6) is 0 Å². The van der Waals surface area contributed by atoms with Gasteiger partial charge in [0.1, 0.15) is 0 Å². The van der Waals surface area contributed by atoms with Gasteiger partial charge in [-0.25, -0.2) is 13.4 Å². The van der Waals surface area contributed by atoms with Gasteiger partial charge in [0.25, 0.3) is 0 Å². The first-order chi connectivity index (χ1) is 12.8. The SMILES string of the molecule is CCNC(=NCc1cccc(C#N)c1)NCc1ccc(S(C)(=O)=O)c(C)c1. The van der Waals surface area contributed by atoms with Crippen molar-refractivity contribution in [1.82, 2.24) is 10.6 Å². The van der Waals surface area contributed by atoms with E-state index >= 15 is 0 Å². The van der Waals surface area contributed by atoms with Crippen molar-refractivity contribution in [3.8, 4) is 6.07 Å². The quantitative estimate of drug-likeness (QED) is 0.589. The van der Waals surface area contributed by atoms with Gasteiger partial charge in [-0.1, -0.05) is 24.3 Å². The summed E-state index contributed by atoms with van der Waals surface area (Å²) >= 11 is 0. The van der Waals surface area contributed by atoms with Gasteiger partial charge in [-0.2, -0.15) is 5.26 Å². The first-order valence-corrected chi connectivity index (χ1v) is 10.5. The highest BCUT2D eigenvalue weighted by Crippen LogP contribution is 2.16. The van der Waals surface area contributed by atoms with Crippen LogP contribution in [0.2, 0.25) is 0 Å². The highest BCUT2D eigenvalue weighted by molar-refractivity contribution is 7.90. The highest BCUT2D eigenvalue weighted by Gasteiger charge is 2.11. The van der Waals surface area contributed by atoms with E-state index in [2.05, 4.69) is 21.7 Å². The summed E-state index contributed by atoms with van der Waals surface area (Å²) in [6.45, 7) is 5.47. The lowest BCUT2D eigenvalue weighted by Crippen LogP contribution is -2.36. The average Bonchev–Trinajstić information content (AvgIpc) is 2.63. The maximum atomic E-state index is 11.7. The standard InChI is InChI=1S/C20H24N4O2S/c1-4-22-20(23-13-17-7-5-6-16(11-17)12-21)24-14-18-8-9-19(15(2)10-18)27(3,25)26/h5-11H,4,13-14H2,1-3H3,(H2,22,23,24). The lowest BCUT2D eigenvalue weighted by molar-refractivity contribution is 0.601. The van der Waals surface area contributed by atoms with Gasteiger partial charge in [-0.05, 0) is 48.7 Å². The molecule has 0 unspecified atom stereocenters. The summed E-state index contributed by atoms with van der Waals surface area (Å²) in [7, 11) is -3.21. The number of aryl methyl sites for hydroxylation is 1. The molecule has 0 heterocycles. The Labute approximate surface area is 160 Å². The van der Waals surface area contributed by atoms with Crippen LogP contribution in [0, 0.1) is 18.3 Å². The van der Waals surface area contributed by atoms with Gasteiger partial charge >= 0.3 is 0 Å². The van der Waals surface area contributed by atoms with E-state index < -0.39 is 9.84 Å². The summed E-state index contributed by atoms with van der Waals surface area (Å²) in [5, 5.41) is 15.4. The number of nitriles is 1. The van der Waals surface area contributed by atoms with E-state index in [-0.39, 0.29) is 0 Å². The number of rotatable bonds is 6. The Hall–Kier alpha value is -2.85. The third-order valence-electron chi connectivity index (χ3n) is 3.92. The largest absolute Gasteiger partial charge is 0.357 e. The van der Waals surface area contributed by atoms with Crippen LogP contribution in [-0.4, -0.2) is 27.2 Å². The number of benzene rings is 2. The lowest BCUT2D eigenvalue weighted by Gasteiger charge is -2.13. The predicted octanol–water partition coefficient (Wildman–Crippen LogP) is 2.53. The van der Waals surface area contributed by atoms with E-state index in [4.69, 9.17) is 5.26 Å². The van der Waals surface area contributed by atoms with Gasteiger partial charge in [0.2, 0.25) is 0 Å². The van der Waals surface area contributed by atoms with Crippen LogP contribution in [0.25, 0.3) is 0 Å². The zero-order valence-electron chi connectivity index (χ0n) is 15.8. The number of sulfone groups is 1. The van der Waals surface area contributed by atoms with Crippen molar-refractivity contribution in [2.45, 2.75) is 31.8 Å². The van der Waals surface area contributed by atoms with Crippen LogP contribution in [0.4, 0.5) is 0 Å². The van der Waals surface area contributed by atoms with Gasteiger partial charge < -0.3 is 10.6 Å². The second-order valence-corrected chi connectivity index (χ2v) is 8.22. The van der Waals surface area contributed by atoms with Gasteiger partial charge in [0, 0.05) is 19.3 Å². The number of nitrogens with one attached hydrogen (secondary N) is 2. The minimum Gasteiger partial charge on any atom is -0.357 e. The first-order valence-electron chi connectivity index (χ1n) is 8.64. The minimum atomic E-state index is -3.21. The molecule has 2 aromatic carbocycles. The van der Waals surface area contributed by atoms with Crippen molar-refractivity contribution in [3.63, 3.8) is 0 Å². The predicted molar refractivity (Wildman–Crippen MR) is 107 cm³/mol. The maximum absolute atomic E-state index is 11.7. The molecule has 0 fully saturated rings. The van der Waals surface area contributed by atoms with E-state index in [1.807, 2.05) is 31.2 Å². The van der Waals surface area contributed by atoms with Crippen LogP contribution in [-0.2, 0) is 22.9 Å². The molecule has 0 aliphatic carbocycles. The number of hydrogen-bond acceptors (Lipinski definition) is 4. The molecular weight excluding hydrogens is 360 g/mol. The van der Waals surface area contributed by atoms with E-state index in [0.29, 0.717) is 29.5 Å². The fourth-order valence-electron chi connectivity index (χ4n) is 2.67. The molecule has 27 heavy (non-hydrogen) atoms. The van der Waals surface area contributed by atoms with Gasteiger partial charge in [-0.3, -0.25) is 0 Å². The van der Waals surface area contributed by atoms with Crippen molar-refractivity contribution in [2.24, 2.45) is 4.99 Å². The maximum Gasteiger partial charge on any atom is 0.191 e. The van der Waals surface area contributed by atoms with Gasteiger partial charge in [-0.15, -0.1) is 0 Å². The average molecular weight is 385 g/mol. The number of nitrogens with zero attached hydrogens (tertiary/aromatic N) is 2. The Morgan fingerprint density at radius 1 is 1.15 bits per heavy atom. The Bertz CT molecular complexity index is 976. The summed E-state index contributed by atoms with van der Waals surface area (Å²) in [5.74, 6) is 0.657. The molecule has 2 rings (SSSR count). The minimum absolute atomic E-state index is 0.351. The molecule has 0 amide bonds. The molecule has 142 valence electrons. The summed E-state index contributed by atoms with van der Waals surface area (Å²) < 4.78 is 23.4. The zero-order chi connectivity index (χ0) is 19.9. The van der Waals surface area contributed by atoms with Gasteiger partial charge in [0.05, 0.1) is 23.1 Å². The second-order valence-electron chi connectivity index (χ2n) is 6.23. The molecule has 0 aliphatic heterocycles. The smallest absolute Gasteiger partial charge is 0.191 e. The normalized spacial score (nSPS) is 11.7. The summed E-state index contributed by atoms with van der Waals surface area (Å²) in [6.07, 6.45) is 1.21. The number of aliphatic imine (C=N–C) groups is 1. The van der Waals surface area contributed by atoms with Crippen LogP contribution in [0.15, 0.2) is 52.4 Å². The molecule has 0 saturated heterocycles. The van der Waals surface area contributed by atoms with Crippen molar-refractivity contribution in [2.75, 3.05) is 12.8 Å². The topological polar surface area (TPSA) is 94.3 Å². The molecule has 0 radical (unpaired) electrons. The Morgan fingerprint density at radius 3 is 2.56 bits per heavy atom. The number of guanidine groups is 1. The van der Waals surface area contributed by atoms with E-state index in [0.717, 1.165) is 23.2 Å². The van der Waals surface area contributed by atoms with Crippen LogP contribution < -0.4 is 10.6 Å². The van der Waals surface area contributed by atoms with Crippen molar-refractivity contribution in [3.05, 3.63) is 64.7 Å². The molecule has 0 aromatic heterocycles. The Balaban J connectivity index is 2.07. The van der Waals surface area contributed by atoms with Crippen LogP contribution in [0.1, 0.15) is 29.2 Å². The van der Waals surface area contributed by atoms with E-state index in [1.54, 1.807) is 25.1 Å². The fourth-order valence-corrected chi connectivity index (χ4v) is 3.63. The summed E-state index contributed by atoms with van der Waals surface area (Å²) in [6, 6.07) is 14.8. The molecule has 0 atom stereocenters. The van der Waals surface area contributed by atoms with Crippen molar-refractivity contribution < 1.29 is 8.42 Å². The molecule has 0 bridgehead atoms. The second kappa shape index (κ2) is 9.19. The molecule has 7 heteroatoms. The zero-order valence-corrected chi connectivity index (χ0v) is 16.6. The fraction of sp³-hybridized carbons (Fsp3) is 0.300. The lowest BCUT2D eigenvalue weighted by atomic mass is 10.1. The molecular formula is C20H24N4O2S. The van der Waals surface area contributed by atoms with E-state index in [9.17, 15) is 8.42 Å². The van der Waals surface area contributed by atoms with Crippen molar-refractivity contribution in [1.29, 1.82) is 5.26 Å². The molecule has 2 N–H and O–H groups in total. The molecule has 2 aromatic rings. The van der Waals surface area contributed by atoms with Gasteiger partial charge in [0.15, 0.2) is 15.8 Å². The van der Waals surface area contributed by atoms with Crippen LogP contribution >= 0.6 is 0 Å². The summed E-state index contributed by atoms with van der Waals surface area (Å²) in [5.41, 5.74) is 3.27. The molecule has 6 nitrogen and oxygen atoms in total. The van der Waals surface area contributed by atoms with Crippen LogP contribution in [0.3, 0.4) is 0 Å². The third kappa shape index (κ3) is 6.12. The van der Waals surface area contributed by atoms with E-state index in [1.165, 1.54) is 6.26 Å². The molecule has 0 spiro atoms. The third-order valence-corrected chi connectivity index (χ3v) is 5.18. The highest BCUT2D eigenvalue weighted by atomic mass is 32.2. The molecule has 0 aliphatic rings. The Kier molecular flexibility index (Phi) is 6.97. The first kappa shape index (κ1) is 20.5. The van der Waals surface area contributed by atoms with Crippen molar-refractivity contribution >= 4 is 15.8 Å². The molecule has 0 saturated carbocycles. The number of hydrogen-bond donors (Lipinski definition) is 2. The Morgan fingerprint density at radius 2 is 1.93 bits per heavy atom. The monoisotopic (exact) mass is 384 g/mol. The summed E-state index contributed by atoms with van der Waals surface area (Å²) in [4.78, 5) is 4.89.